The summed E-state index contributed by atoms with van der Waals surface area (Å²) in [6, 6.07) is 6.22. The van der Waals surface area contributed by atoms with E-state index < -0.39 is 16.1 Å². The van der Waals surface area contributed by atoms with Gasteiger partial charge in [-0.3, -0.25) is 0 Å². The zero-order valence-corrected chi connectivity index (χ0v) is 31.1. The number of hydrogen-bond donors (Lipinski definition) is 0. The molecule has 39 heavy (non-hydrogen) atoms. The Morgan fingerprint density at radius 3 is 0.974 bits per heavy atom. The van der Waals surface area contributed by atoms with Crippen LogP contribution in [0.2, 0.25) is 39.3 Å². The summed E-state index contributed by atoms with van der Waals surface area (Å²) in [5.74, 6) is 0. The smallest absolute Gasteiger partial charge is 0.422 e. The third-order valence-electron chi connectivity index (χ3n) is 6.02. The van der Waals surface area contributed by atoms with Crippen LogP contribution >= 0.6 is 0 Å². The molecule has 215 valence electrons. The van der Waals surface area contributed by atoms with Crippen LogP contribution in [-0.4, -0.2) is 52.3 Å². The minimum atomic E-state index is -1.25. The van der Waals surface area contributed by atoms with Crippen molar-refractivity contribution in [2.24, 2.45) is 0 Å². The van der Waals surface area contributed by atoms with Gasteiger partial charge in [-0.1, -0.05) is 44.1 Å². The molecular formula is C29H49BIrN6Si2. The zero-order valence-electron chi connectivity index (χ0n) is 26.7. The van der Waals surface area contributed by atoms with Gasteiger partial charge in [-0.05, 0) is 83.4 Å². The summed E-state index contributed by atoms with van der Waals surface area (Å²) >= 11 is 0. The largest absolute Gasteiger partial charge is 3.00 e. The molecule has 3 radical (unpaired) electrons. The van der Waals surface area contributed by atoms with Gasteiger partial charge in [-0.15, -0.1) is 13.8 Å². The molecule has 0 N–H and O–H groups in total. The predicted octanol–water partition coefficient (Wildman–Crippen LogP) is 7.02. The second-order valence-corrected chi connectivity index (χ2v) is 22.9. The van der Waals surface area contributed by atoms with Crippen molar-refractivity contribution in [2.75, 3.05) is 0 Å². The molecule has 0 atom stereocenters. The van der Waals surface area contributed by atoms with Crippen LogP contribution in [0.1, 0.15) is 48.0 Å². The molecule has 0 aliphatic carbocycles. The molecule has 3 aromatic rings. The van der Waals surface area contributed by atoms with E-state index in [2.05, 4.69) is 107 Å². The van der Waals surface area contributed by atoms with Crippen molar-refractivity contribution in [2.45, 2.75) is 94.7 Å². The maximum Gasteiger partial charge on any atom is 3.00 e. The van der Waals surface area contributed by atoms with Gasteiger partial charge < -0.3 is 38.8 Å². The van der Waals surface area contributed by atoms with Crippen molar-refractivity contribution in [1.82, 2.24) is 29.1 Å². The van der Waals surface area contributed by atoms with E-state index in [1.165, 1.54) is 0 Å². The van der Waals surface area contributed by atoms with Crippen molar-refractivity contribution in [3.05, 3.63) is 88.8 Å². The summed E-state index contributed by atoms with van der Waals surface area (Å²) in [5.41, 5.74) is 8.36. The van der Waals surface area contributed by atoms with Gasteiger partial charge in [0.2, 0.25) is 0 Å². The summed E-state index contributed by atoms with van der Waals surface area (Å²) < 4.78 is 5.94. The van der Waals surface area contributed by atoms with Crippen LogP contribution in [0.25, 0.3) is 0 Å². The molecule has 10 heteroatoms. The summed E-state index contributed by atoms with van der Waals surface area (Å²) in [5, 5.41) is 14.0. The molecule has 3 aromatic heterocycles. The summed E-state index contributed by atoms with van der Waals surface area (Å²) in [6.45, 7) is 44.9. The van der Waals surface area contributed by atoms with Gasteiger partial charge in [0.05, 0.1) is 33.2 Å². The van der Waals surface area contributed by atoms with E-state index in [9.17, 15) is 0 Å². The van der Waals surface area contributed by atoms with Gasteiger partial charge in [0.25, 0.3) is 7.12 Å². The standard InChI is InChI=1S/C15H21BN6.C8H18Si2.C6H10.Ir/c1-10-7-13(4)20(17-10)16(21-14(5)8-11(2)18-21)22-15(6)9-12(3)19-22;1-8(9(2,3)4)10(5,6)7;1-5(2)6(3)4;/h7-9H,1-6H3;2-7H3;1,3H2,2,4H3;/q-1;;-2;+3/b;;6-5-;. The fourth-order valence-electron chi connectivity index (χ4n) is 4.08. The molecular weight excluding hydrogens is 692 g/mol. The number of nitrogens with zero attached hydrogens (tertiary/aromatic N) is 6. The average Bonchev–Trinajstić information content (AvgIpc) is 3.37. The molecule has 0 spiro atoms. The maximum absolute atomic E-state index is 7.92. The zero-order chi connectivity index (χ0) is 29.7. The molecule has 3 heterocycles. The number of aryl methyl sites for hydroxylation is 6. The molecule has 0 saturated carbocycles. The molecule has 0 unspecified atom stereocenters. The Labute approximate surface area is 254 Å². The van der Waals surface area contributed by atoms with Crippen molar-refractivity contribution in [1.29, 1.82) is 0 Å². The first-order chi connectivity index (χ1) is 17.2. The third-order valence-corrected chi connectivity index (χ3v) is 13.5. The van der Waals surface area contributed by atoms with E-state index in [0.717, 1.165) is 50.1 Å². The second-order valence-electron chi connectivity index (χ2n) is 12.4. The van der Waals surface area contributed by atoms with Crippen molar-refractivity contribution < 1.29 is 20.1 Å². The average molecular weight is 741 g/mol. The Morgan fingerprint density at radius 2 is 0.872 bits per heavy atom. The normalized spacial score (nSPS) is 12.1. The van der Waals surface area contributed by atoms with Crippen LogP contribution < -0.4 is 0 Å². The Bertz CT molecular complexity index is 1130. The van der Waals surface area contributed by atoms with Crippen LogP contribution in [0.4, 0.5) is 0 Å². The van der Waals surface area contributed by atoms with Gasteiger partial charge in [-0.2, -0.15) is 0 Å². The monoisotopic (exact) mass is 741 g/mol. The van der Waals surface area contributed by atoms with Crippen LogP contribution in [0, 0.1) is 62.0 Å². The summed E-state index contributed by atoms with van der Waals surface area (Å²) in [4.78, 5) is 1.10. The predicted molar refractivity (Wildman–Crippen MR) is 170 cm³/mol. The Morgan fingerprint density at radius 1 is 0.641 bits per heavy atom. The molecule has 3 rings (SSSR count). The number of allylic oxidation sites excluding steroid dienone is 2. The van der Waals surface area contributed by atoms with E-state index >= 15 is 0 Å². The first kappa shape index (κ1) is 37.0. The van der Waals surface area contributed by atoms with E-state index in [0.29, 0.717) is 0 Å². The topological polar surface area (TPSA) is 53.5 Å². The first-order valence-electron chi connectivity index (χ1n) is 13.2. The van der Waals surface area contributed by atoms with Crippen LogP contribution in [-0.2, 0) is 20.1 Å². The third kappa shape index (κ3) is 10.8. The Kier molecular flexibility index (Phi) is 13.8. The van der Waals surface area contributed by atoms with Crippen LogP contribution in [0.3, 0.4) is 0 Å². The van der Waals surface area contributed by atoms with Gasteiger partial charge >= 0.3 is 20.1 Å². The molecule has 0 saturated heterocycles. The van der Waals surface area contributed by atoms with Gasteiger partial charge in [0.15, 0.2) is 0 Å². The maximum atomic E-state index is 7.92. The number of rotatable bonds is 5. The SMILES string of the molecule is Cc1cc(C)n([B-](n2nc(C)cc2C)n2nc(C)cc2C)n1.[CH2-]/C(C)=C(\[CH2-])C.[C]=C([Si](C)(C)C)[Si](C)(C)C.[Ir+3]. The minimum Gasteiger partial charge on any atom is -0.422 e. The number of aromatic nitrogens is 6. The fourth-order valence-corrected chi connectivity index (χ4v) is 13.1. The molecule has 0 bridgehead atoms. The molecule has 0 fully saturated rings. The van der Waals surface area contributed by atoms with Crippen LogP contribution in [0.15, 0.2) is 34.2 Å². The van der Waals surface area contributed by atoms with Gasteiger partial charge in [-0.25, -0.2) is 15.3 Å². The quantitative estimate of drug-likeness (QED) is 0.209. The van der Waals surface area contributed by atoms with Gasteiger partial charge in [0, 0.05) is 0 Å². The number of hydrogen-bond acceptors (Lipinski definition) is 3. The fraction of sp³-hybridized carbons (Fsp3) is 0.483. The van der Waals surface area contributed by atoms with E-state index in [1.807, 2.05) is 48.4 Å². The van der Waals surface area contributed by atoms with E-state index in [1.54, 1.807) is 0 Å². The van der Waals surface area contributed by atoms with E-state index in [4.69, 9.17) is 6.58 Å². The molecule has 6 nitrogen and oxygen atoms in total. The van der Waals surface area contributed by atoms with Crippen molar-refractivity contribution in [3.63, 3.8) is 0 Å². The summed E-state index contributed by atoms with van der Waals surface area (Å²) in [7, 11) is -2.73. The van der Waals surface area contributed by atoms with Crippen LogP contribution in [0.5, 0.6) is 0 Å². The Hall–Kier alpha value is -2.00. The molecule has 0 aliphatic heterocycles. The first-order valence-corrected chi connectivity index (χ1v) is 20.2. The second kappa shape index (κ2) is 14.6. The van der Waals surface area contributed by atoms with E-state index in [-0.39, 0.29) is 27.2 Å². The summed E-state index contributed by atoms with van der Waals surface area (Å²) in [6.07, 6.45) is 0. The molecule has 0 aromatic carbocycles. The molecule has 0 aliphatic rings. The van der Waals surface area contributed by atoms with Gasteiger partial charge in [0.1, 0.15) is 0 Å². The molecule has 0 amide bonds. The van der Waals surface area contributed by atoms with Crippen molar-refractivity contribution in [3.8, 4) is 0 Å². The minimum absolute atomic E-state index is 0. The Balaban J connectivity index is 0.000000712. The van der Waals surface area contributed by atoms with Crippen molar-refractivity contribution >= 4 is 23.3 Å².